The number of benzene rings is 2. The number of thioether (sulfide) groups is 1. The van der Waals surface area contributed by atoms with Crippen molar-refractivity contribution in [2.75, 3.05) is 11.9 Å². The summed E-state index contributed by atoms with van der Waals surface area (Å²) in [6.07, 6.45) is -4.58. The normalized spacial score (nSPS) is 26.2. The number of carboxylic acid groups (broad SMARTS) is 1. The number of aliphatic carboxylic acids is 1. The number of carbonyl (C=O) groups is 4. The molecule has 0 bridgehead atoms. The maximum atomic E-state index is 13.5. The highest BCUT2D eigenvalue weighted by atomic mass is 32.2. The third-order valence-corrected chi connectivity index (χ3v) is 9.70. The number of carbonyl (C=O) groups excluding carboxylic acids is 3. The number of aldehydes is 1. The van der Waals surface area contributed by atoms with E-state index in [-0.39, 0.29) is 36.4 Å². The number of hydrogen-bond acceptors (Lipinski definition) is 7. The number of anilines is 1. The largest absolute Gasteiger partial charge is 0.477 e. The van der Waals surface area contributed by atoms with Crippen molar-refractivity contribution in [3.05, 3.63) is 75.8 Å². The Morgan fingerprint density at radius 3 is 2.56 bits per heavy atom. The molecule has 0 aromatic heterocycles. The fourth-order valence-electron chi connectivity index (χ4n) is 6.25. The van der Waals surface area contributed by atoms with Crippen molar-refractivity contribution in [3.8, 4) is 0 Å². The van der Waals surface area contributed by atoms with Crippen molar-refractivity contribution in [2.45, 2.75) is 56.4 Å². The van der Waals surface area contributed by atoms with Crippen molar-refractivity contribution in [1.82, 2.24) is 9.80 Å². The molecule has 3 heterocycles. The molecule has 2 aromatic carbocycles. The van der Waals surface area contributed by atoms with E-state index in [1.54, 1.807) is 36.1 Å². The third-order valence-electron chi connectivity index (χ3n) is 8.20. The number of alkyl halides is 3. The molecule has 0 aliphatic carbocycles. The molecule has 2 amide bonds. The highest BCUT2D eigenvalue weighted by molar-refractivity contribution is 8.03. The molecule has 0 saturated carbocycles. The average Bonchev–Trinajstić information content (AvgIpc) is 3.44. The highest BCUT2D eigenvalue weighted by Gasteiger charge is 2.60. The molecule has 228 valence electrons. The van der Waals surface area contributed by atoms with Gasteiger partial charge >= 0.3 is 12.1 Å². The summed E-state index contributed by atoms with van der Waals surface area (Å²) in [7, 11) is 0. The van der Waals surface area contributed by atoms with Crippen molar-refractivity contribution in [1.29, 1.82) is 0 Å². The zero-order valence-corrected chi connectivity index (χ0v) is 24.1. The molecule has 2 saturated heterocycles. The molecule has 3 N–H and O–H groups in total. The van der Waals surface area contributed by atoms with Gasteiger partial charge in [-0.2, -0.15) is 13.2 Å². The van der Waals surface area contributed by atoms with Gasteiger partial charge in [0.25, 0.3) is 0 Å². The fourth-order valence-corrected chi connectivity index (χ4v) is 7.80. The average molecular weight is 618 g/mol. The molecule has 3 aliphatic rings. The van der Waals surface area contributed by atoms with Gasteiger partial charge in [-0.25, -0.2) is 4.79 Å². The van der Waals surface area contributed by atoms with Crippen LogP contribution in [0.2, 0.25) is 0 Å². The molecule has 0 spiro atoms. The number of nitrogens with one attached hydrogen (secondary N) is 1. The Morgan fingerprint density at radius 1 is 1.19 bits per heavy atom. The summed E-state index contributed by atoms with van der Waals surface area (Å²) in [5, 5.41) is 22.6. The van der Waals surface area contributed by atoms with E-state index in [9.17, 15) is 42.6 Å². The summed E-state index contributed by atoms with van der Waals surface area (Å²) in [5.74, 6) is -3.23. The number of likely N-dealkylation sites (tertiary alicyclic amines) is 1. The van der Waals surface area contributed by atoms with Crippen LogP contribution in [0.4, 0.5) is 18.9 Å². The first-order chi connectivity index (χ1) is 20.3. The van der Waals surface area contributed by atoms with E-state index in [0.29, 0.717) is 28.0 Å². The second kappa shape index (κ2) is 11.8. The lowest BCUT2D eigenvalue weighted by molar-refractivity contribution is -0.163. The summed E-state index contributed by atoms with van der Waals surface area (Å²) in [6, 6.07) is 9.93. The molecule has 0 radical (unpaired) electrons. The second-order valence-electron chi connectivity index (χ2n) is 11.1. The summed E-state index contributed by atoms with van der Waals surface area (Å²) in [4.78, 5) is 53.2. The van der Waals surface area contributed by atoms with E-state index >= 15 is 0 Å². The van der Waals surface area contributed by atoms with Gasteiger partial charge in [-0.15, -0.1) is 11.8 Å². The number of fused-ring (bicyclic) bond motifs is 1. The topological polar surface area (TPSA) is 127 Å². The Bertz CT molecular complexity index is 1500. The quantitative estimate of drug-likeness (QED) is 0.285. The first-order valence-electron chi connectivity index (χ1n) is 13.7. The fraction of sp³-hybridized carbons (Fsp3) is 0.400. The van der Waals surface area contributed by atoms with Gasteiger partial charge in [-0.1, -0.05) is 37.3 Å². The predicted molar refractivity (Wildman–Crippen MR) is 152 cm³/mol. The number of nitrogens with zero attached hydrogens (tertiary/aromatic N) is 2. The third kappa shape index (κ3) is 5.93. The molecule has 13 heteroatoms. The molecule has 0 unspecified atom stereocenters. The molecule has 3 aliphatic heterocycles. The van der Waals surface area contributed by atoms with Crippen molar-refractivity contribution in [2.24, 2.45) is 11.8 Å². The number of halogens is 3. The zero-order valence-electron chi connectivity index (χ0n) is 23.2. The molecule has 9 nitrogen and oxygen atoms in total. The van der Waals surface area contributed by atoms with Gasteiger partial charge in [0.2, 0.25) is 11.8 Å². The molecule has 5 rings (SSSR count). The van der Waals surface area contributed by atoms with Crippen LogP contribution in [0.1, 0.15) is 41.8 Å². The van der Waals surface area contributed by atoms with Gasteiger partial charge < -0.3 is 20.4 Å². The number of aliphatic hydroxyl groups excluding tert-OH is 1. The van der Waals surface area contributed by atoms with Crippen LogP contribution >= 0.6 is 11.8 Å². The molecule has 2 aromatic rings. The Hall–Kier alpha value is -3.68. The molecule has 43 heavy (non-hydrogen) atoms. The van der Waals surface area contributed by atoms with Gasteiger partial charge in [0.1, 0.15) is 12.0 Å². The smallest absolute Gasteiger partial charge is 0.416 e. The Labute approximate surface area is 249 Å². The van der Waals surface area contributed by atoms with E-state index in [4.69, 9.17) is 0 Å². The number of amides is 2. The van der Waals surface area contributed by atoms with Crippen molar-refractivity contribution >= 4 is 41.5 Å². The maximum absolute atomic E-state index is 13.5. The highest BCUT2D eigenvalue weighted by Crippen LogP contribution is 2.52. The van der Waals surface area contributed by atoms with Crippen LogP contribution in [0, 0.1) is 11.8 Å². The van der Waals surface area contributed by atoms with E-state index in [0.717, 1.165) is 12.1 Å². The molecule has 6 atom stereocenters. The van der Waals surface area contributed by atoms with Crippen molar-refractivity contribution in [3.63, 3.8) is 0 Å². The van der Waals surface area contributed by atoms with Crippen LogP contribution in [0.5, 0.6) is 0 Å². The minimum absolute atomic E-state index is 0.0329. The molecular weight excluding hydrogens is 587 g/mol. The summed E-state index contributed by atoms with van der Waals surface area (Å²) in [6.45, 7) is 3.59. The van der Waals surface area contributed by atoms with Crippen LogP contribution in [-0.4, -0.2) is 74.1 Å². The zero-order chi connectivity index (χ0) is 31.2. The van der Waals surface area contributed by atoms with Gasteiger partial charge in [0.15, 0.2) is 0 Å². The first-order valence-corrected chi connectivity index (χ1v) is 14.6. The number of rotatable bonds is 9. The van der Waals surface area contributed by atoms with E-state index < -0.39 is 53.6 Å². The lowest BCUT2D eigenvalue weighted by Gasteiger charge is -2.46. The minimum Gasteiger partial charge on any atom is -0.477 e. The maximum Gasteiger partial charge on any atom is 0.416 e. The Balaban J connectivity index is 1.41. The van der Waals surface area contributed by atoms with Crippen LogP contribution in [0.3, 0.4) is 0 Å². The summed E-state index contributed by atoms with van der Waals surface area (Å²) >= 11 is 1.25. The van der Waals surface area contributed by atoms with Crippen molar-refractivity contribution < 1.29 is 42.6 Å². The van der Waals surface area contributed by atoms with Crippen LogP contribution in [-0.2, 0) is 27.1 Å². The summed E-state index contributed by atoms with van der Waals surface area (Å²) in [5.41, 5.74) is 0.163. The number of β-lactam (4-membered cyclic amide) rings is 1. The van der Waals surface area contributed by atoms with Crippen LogP contribution in [0.15, 0.2) is 59.1 Å². The monoisotopic (exact) mass is 617 g/mol. The van der Waals surface area contributed by atoms with E-state index in [1.165, 1.54) is 35.7 Å². The van der Waals surface area contributed by atoms with Gasteiger partial charge in [-0.3, -0.25) is 19.3 Å². The number of aliphatic hydroxyl groups is 1. The SMILES string of the molecule is C[C@@H](O)[C@H]1C(=O)N2C(C(=O)O)=C(S[C@H]3C[C@@H](C(=O)Nc4cccc(C=O)c4)N(Cc4cccc(C(F)(F)F)c4)C3)[C@H](C)[C@H]12. The van der Waals surface area contributed by atoms with E-state index in [1.807, 2.05) is 0 Å². The first kappa shape index (κ1) is 30.8. The summed E-state index contributed by atoms with van der Waals surface area (Å²) < 4.78 is 40.2. The van der Waals surface area contributed by atoms with E-state index in [2.05, 4.69) is 5.32 Å². The number of carboxylic acids is 1. The molecular formula is C30H30F3N3O6S. The van der Waals surface area contributed by atoms with Crippen LogP contribution < -0.4 is 5.32 Å². The second-order valence-corrected chi connectivity index (χ2v) is 12.5. The standard InChI is InChI=1S/C30H30F3N3O6S/c1-15-24-23(16(2)38)28(40)36(24)25(29(41)42)26(15)43-21-11-22(27(39)34-20-8-4-6-18(10-20)14-37)35(13-21)12-17-5-3-7-19(9-17)30(31,32)33/h3-10,14-16,21-24,38H,11-13H2,1-2H3,(H,34,39)(H,41,42)/t15-,16-,21+,22+,23-,24-/m1/s1. The van der Waals surface area contributed by atoms with Crippen LogP contribution in [0.25, 0.3) is 0 Å². The minimum atomic E-state index is -4.53. The Kier molecular flexibility index (Phi) is 8.43. The number of hydrogen-bond donors (Lipinski definition) is 3. The van der Waals surface area contributed by atoms with Gasteiger partial charge in [0.05, 0.1) is 29.7 Å². The lowest BCUT2D eigenvalue weighted by Crippen LogP contribution is -2.63. The van der Waals surface area contributed by atoms with Gasteiger partial charge in [-0.05, 0) is 37.1 Å². The predicted octanol–water partition coefficient (Wildman–Crippen LogP) is 3.99. The molecule has 2 fully saturated rings. The Morgan fingerprint density at radius 2 is 1.91 bits per heavy atom. The van der Waals surface area contributed by atoms with Gasteiger partial charge in [0, 0.05) is 40.4 Å². The lowest BCUT2D eigenvalue weighted by atomic mass is 9.79.